The van der Waals surface area contributed by atoms with Crippen LogP contribution in [0.15, 0.2) is 41.8 Å². The number of carbonyl (C=O) groups is 2. The highest BCUT2D eigenvalue weighted by Gasteiger charge is 2.29. The second kappa shape index (κ2) is 9.15. The van der Waals surface area contributed by atoms with E-state index in [-0.39, 0.29) is 30.4 Å². The van der Waals surface area contributed by atoms with E-state index in [1.54, 1.807) is 18.2 Å². The summed E-state index contributed by atoms with van der Waals surface area (Å²) < 4.78 is 18.5. The molecule has 0 aliphatic carbocycles. The monoisotopic (exact) mass is 401 g/mol. The van der Waals surface area contributed by atoms with Crippen LogP contribution in [0, 0.1) is 5.82 Å². The van der Waals surface area contributed by atoms with Crippen molar-refractivity contribution in [1.29, 1.82) is 0 Å². The number of esters is 1. The summed E-state index contributed by atoms with van der Waals surface area (Å²) in [5.74, 6) is -1.06. The van der Waals surface area contributed by atoms with Gasteiger partial charge < -0.3 is 9.64 Å². The average Bonchev–Trinajstić information content (AvgIpc) is 3.20. The first-order valence-electron chi connectivity index (χ1n) is 9.45. The number of hydrogen-bond donors (Lipinski definition) is 0. The van der Waals surface area contributed by atoms with Crippen LogP contribution in [0.1, 0.15) is 43.6 Å². The molecule has 1 aliphatic heterocycles. The molecule has 4 nitrogen and oxygen atoms in total. The zero-order chi connectivity index (χ0) is 20.1. The average molecular weight is 402 g/mol. The van der Waals surface area contributed by atoms with Crippen molar-refractivity contribution in [2.75, 3.05) is 6.61 Å². The van der Waals surface area contributed by atoms with Gasteiger partial charge in [0.1, 0.15) is 5.82 Å². The number of piperidine rings is 1. The molecular weight excluding hydrogens is 377 g/mol. The molecular formula is C22H24FNO3S. The lowest BCUT2D eigenvalue weighted by atomic mass is 9.97. The van der Waals surface area contributed by atoms with Crippen LogP contribution in [-0.2, 0) is 14.3 Å². The fraction of sp³-hybridized carbons (Fsp3) is 0.364. The Labute approximate surface area is 168 Å². The summed E-state index contributed by atoms with van der Waals surface area (Å²) in [6.45, 7) is 3.78. The Morgan fingerprint density at radius 3 is 2.46 bits per heavy atom. The molecule has 28 heavy (non-hydrogen) atoms. The van der Waals surface area contributed by atoms with Gasteiger partial charge in [0, 0.05) is 17.0 Å². The van der Waals surface area contributed by atoms with Crippen molar-refractivity contribution in [2.24, 2.45) is 0 Å². The number of nitrogens with zero attached hydrogens (tertiary/aromatic N) is 1. The second-order valence-corrected chi connectivity index (χ2v) is 8.04. The van der Waals surface area contributed by atoms with Crippen LogP contribution in [0.3, 0.4) is 0 Å². The number of ether oxygens (including phenoxy) is 1. The topological polar surface area (TPSA) is 46.6 Å². The van der Waals surface area contributed by atoms with Crippen molar-refractivity contribution >= 4 is 34.9 Å². The summed E-state index contributed by atoms with van der Waals surface area (Å²) in [6, 6.07) is 9.84. The third-order valence-electron chi connectivity index (χ3n) is 5.00. The van der Waals surface area contributed by atoms with Crippen molar-refractivity contribution in [3.63, 3.8) is 0 Å². The Morgan fingerprint density at radius 1 is 1.18 bits per heavy atom. The fourth-order valence-corrected chi connectivity index (χ4v) is 4.31. The molecule has 1 aromatic heterocycles. The highest BCUT2D eigenvalue weighted by atomic mass is 32.1. The minimum Gasteiger partial charge on any atom is -0.452 e. The number of halogens is 1. The lowest BCUT2D eigenvalue weighted by Crippen LogP contribution is -2.49. The number of benzene rings is 1. The molecule has 6 heteroatoms. The highest BCUT2D eigenvalue weighted by Crippen LogP contribution is 2.25. The molecule has 1 saturated heterocycles. The van der Waals surface area contributed by atoms with Gasteiger partial charge in [-0.2, -0.15) is 0 Å². The Balaban J connectivity index is 1.73. The highest BCUT2D eigenvalue weighted by molar-refractivity contribution is 7.11. The van der Waals surface area contributed by atoms with Gasteiger partial charge in [0.2, 0.25) is 0 Å². The van der Waals surface area contributed by atoms with E-state index in [1.807, 2.05) is 36.3 Å². The van der Waals surface area contributed by atoms with E-state index in [1.165, 1.54) is 23.5 Å². The molecule has 3 rings (SSSR count). The van der Waals surface area contributed by atoms with Crippen molar-refractivity contribution < 1.29 is 18.7 Å². The van der Waals surface area contributed by atoms with Crippen LogP contribution in [0.5, 0.6) is 0 Å². The molecule has 2 atom stereocenters. The van der Waals surface area contributed by atoms with Crippen molar-refractivity contribution in [3.05, 3.63) is 58.0 Å². The van der Waals surface area contributed by atoms with E-state index < -0.39 is 5.97 Å². The van der Waals surface area contributed by atoms with E-state index >= 15 is 0 Å². The van der Waals surface area contributed by atoms with Gasteiger partial charge in [-0.1, -0.05) is 18.2 Å². The molecule has 0 unspecified atom stereocenters. The largest absolute Gasteiger partial charge is 0.452 e. The lowest BCUT2D eigenvalue weighted by Gasteiger charge is -2.38. The fourth-order valence-electron chi connectivity index (χ4n) is 3.58. The molecule has 0 bridgehead atoms. The molecule has 1 aromatic carbocycles. The minimum atomic E-state index is -0.558. The van der Waals surface area contributed by atoms with E-state index in [2.05, 4.69) is 0 Å². The SMILES string of the molecule is C[C@@H]1CCC[C@@H](C)N1C(=O)COC(=O)/C(=C/c1ccc(F)cc1)c1cccs1. The molecule has 0 N–H and O–H groups in total. The van der Waals surface area contributed by atoms with Gasteiger partial charge in [0.05, 0.1) is 5.57 Å². The maximum absolute atomic E-state index is 13.2. The summed E-state index contributed by atoms with van der Waals surface area (Å²) in [6.07, 6.45) is 4.70. The molecule has 2 heterocycles. The van der Waals surface area contributed by atoms with Gasteiger partial charge in [-0.15, -0.1) is 11.3 Å². The van der Waals surface area contributed by atoms with Crippen LogP contribution >= 0.6 is 11.3 Å². The predicted octanol–water partition coefficient (Wildman–Crippen LogP) is 4.76. The van der Waals surface area contributed by atoms with E-state index in [0.717, 1.165) is 24.1 Å². The summed E-state index contributed by atoms with van der Waals surface area (Å²) in [5.41, 5.74) is 1.04. The Hall–Kier alpha value is -2.47. The standard InChI is InChI=1S/C22H24FNO3S/c1-15-5-3-6-16(2)24(15)21(25)14-27-22(26)19(20-7-4-12-28-20)13-17-8-10-18(23)11-9-17/h4,7-13,15-16H,3,5-6,14H2,1-2H3/b19-13+/t15-,16-/m1/s1. The third kappa shape index (κ3) is 4.87. The van der Waals surface area contributed by atoms with E-state index in [0.29, 0.717) is 11.1 Å². The smallest absolute Gasteiger partial charge is 0.340 e. The Kier molecular flexibility index (Phi) is 6.62. The number of likely N-dealkylation sites (tertiary alicyclic amines) is 1. The van der Waals surface area contributed by atoms with Crippen LogP contribution in [0.4, 0.5) is 4.39 Å². The normalized spacial score (nSPS) is 20.1. The van der Waals surface area contributed by atoms with Crippen LogP contribution in [-0.4, -0.2) is 35.5 Å². The summed E-state index contributed by atoms with van der Waals surface area (Å²) >= 11 is 1.41. The Bertz CT molecular complexity index is 835. The predicted molar refractivity (Wildman–Crippen MR) is 109 cm³/mol. The van der Waals surface area contributed by atoms with Gasteiger partial charge in [-0.25, -0.2) is 9.18 Å². The van der Waals surface area contributed by atoms with Crippen LogP contribution in [0.2, 0.25) is 0 Å². The van der Waals surface area contributed by atoms with Gasteiger partial charge >= 0.3 is 5.97 Å². The van der Waals surface area contributed by atoms with Gasteiger partial charge in [0.25, 0.3) is 5.91 Å². The van der Waals surface area contributed by atoms with Crippen LogP contribution in [0.25, 0.3) is 11.6 Å². The Morgan fingerprint density at radius 2 is 1.86 bits per heavy atom. The third-order valence-corrected chi connectivity index (χ3v) is 5.90. The first kappa shape index (κ1) is 20.3. The van der Waals surface area contributed by atoms with E-state index in [4.69, 9.17) is 4.74 Å². The van der Waals surface area contributed by atoms with Crippen LogP contribution < -0.4 is 0 Å². The first-order valence-corrected chi connectivity index (χ1v) is 10.3. The summed E-state index contributed by atoms with van der Waals surface area (Å²) in [7, 11) is 0. The molecule has 1 aliphatic rings. The number of carbonyl (C=O) groups excluding carboxylic acids is 2. The molecule has 0 radical (unpaired) electrons. The molecule has 1 fully saturated rings. The maximum Gasteiger partial charge on any atom is 0.340 e. The first-order chi connectivity index (χ1) is 13.5. The van der Waals surface area contributed by atoms with Crippen molar-refractivity contribution in [1.82, 2.24) is 4.90 Å². The second-order valence-electron chi connectivity index (χ2n) is 7.09. The molecule has 0 spiro atoms. The van der Waals surface area contributed by atoms with Gasteiger partial charge in [-0.3, -0.25) is 4.79 Å². The zero-order valence-electron chi connectivity index (χ0n) is 16.1. The number of hydrogen-bond acceptors (Lipinski definition) is 4. The van der Waals surface area contributed by atoms with Crippen molar-refractivity contribution in [2.45, 2.75) is 45.2 Å². The van der Waals surface area contributed by atoms with Crippen molar-refractivity contribution in [3.8, 4) is 0 Å². The number of thiophene rings is 1. The van der Waals surface area contributed by atoms with E-state index in [9.17, 15) is 14.0 Å². The zero-order valence-corrected chi connectivity index (χ0v) is 16.9. The maximum atomic E-state index is 13.2. The lowest BCUT2D eigenvalue weighted by molar-refractivity contribution is -0.151. The van der Waals surface area contributed by atoms with Gasteiger partial charge in [-0.05, 0) is 68.3 Å². The van der Waals surface area contributed by atoms with Gasteiger partial charge in [0.15, 0.2) is 6.61 Å². The summed E-state index contributed by atoms with van der Waals surface area (Å²) in [5, 5.41) is 1.86. The minimum absolute atomic E-state index is 0.154. The molecule has 2 aromatic rings. The number of rotatable bonds is 5. The molecule has 148 valence electrons. The molecule has 1 amide bonds. The quantitative estimate of drug-likeness (QED) is 0.536. The number of amides is 1. The molecule has 0 saturated carbocycles. The summed E-state index contributed by atoms with van der Waals surface area (Å²) in [4.78, 5) is 27.9.